The van der Waals surface area contributed by atoms with Crippen LogP contribution in [0.3, 0.4) is 0 Å². The van der Waals surface area contributed by atoms with Crippen molar-refractivity contribution in [2.24, 2.45) is 5.92 Å². The molecule has 0 spiro atoms. The molecular weight excluding hydrogens is 743 g/mol. The minimum Gasteiger partial charge on any atom is -0.493 e. The molecule has 306 valence electrons. The van der Waals surface area contributed by atoms with Gasteiger partial charge in [-0.25, -0.2) is 4.79 Å². The molecule has 2 N–H and O–H groups in total. The number of ether oxygens (including phenoxy) is 4. The summed E-state index contributed by atoms with van der Waals surface area (Å²) in [5, 5.41) is 13.2. The zero-order valence-corrected chi connectivity index (χ0v) is 34.1. The topological polar surface area (TPSA) is 119 Å². The number of carbonyl (C=O) groups excluding carboxylic acids is 1. The summed E-state index contributed by atoms with van der Waals surface area (Å²) < 4.78 is 25.2. The molecule has 10 heteroatoms. The molecule has 1 fully saturated rings. The van der Waals surface area contributed by atoms with Crippen LogP contribution in [0, 0.1) is 26.7 Å². The number of benzene rings is 4. The van der Waals surface area contributed by atoms with E-state index in [1.807, 2.05) is 99.6 Å². The fraction of sp³-hybridized carbons (Fsp3) is 0.367. The number of fused-ring (bicyclic) bond motifs is 2. The highest BCUT2D eigenvalue weighted by Crippen LogP contribution is 2.41. The first kappa shape index (κ1) is 39.9. The van der Waals surface area contributed by atoms with Gasteiger partial charge < -0.3 is 29.4 Å². The summed E-state index contributed by atoms with van der Waals surface area (Å²) in [5.41, 5.74) is 7.59. The Morgan fingerprint density at radius 1 is 0.881 bits per heavy atom. The van der Waals surface area contributed by atoms with Crippen LogP contribution in [0.25, 0.3) is 0 Å². The van der Waals surface area contributed by atoms with Crippen LogP contribution in [0.2, 0.25) is 0 Å². The van der Waals surface area contributed by atoms with Crippen molar-refractivity contribution in [2.45, 2.75) is 97.0 Å². The molecule has 1 aromatic heterocycles. The van der Waals surface area contributed by atoms with Crippen molar-refractivity contribution in [1.82, 2.24) is 15.2 Å². The largest absolute Gasteiger partial charge is 0.493 e. The SMILES string of the molecule is Cc1cc(C[C@H](NC(=O)[C@@H]2Cc3cc4c(cc3CN2Cc2ccccc2)OC(c2ccc(OCC3CCCCC3)cc2)CO4)C(=O)O)ccc1Oc1ccnc(C)c1C. The maximum atomic E-state index is 14.2. The van der Waals surface area contributed by atoms with Gasteiger partial charge in [0, 0.05) is 37.0 Å². The molecule has 0 radical (unpaired) electrons. The molecule has 1 aliphatic carbocycles. The lowest BCUT2D eigenvalue weighted by atomic mass is 9.90. The molecule has 3 aliphatic rings. The first-order chi connectivity index (χ1) is 28.7. The Bertz CT molecular complexity index is 2270. The molecule has 1 unspecified atom stereocenters. The molecule has 8 rings (SSSR count). The normalized spacial score (nSPS) is 18.4. The first-order valence-corrected chi connectivity index (χ1v) is 20.9. The minimum atomic E-state index is -1.13. The summed E-state index contributed by atoms with van der Waals surface area (Å²) in [5.74, 6) is 2.79. The van der Waals surface area contributed by atoms with E-state index in [1.165, 1.54) is 32.1 Å². The fourth-order valence-electron chi connectivity index (χ4n) is 8.46. The van der Waals surface area contributed by atoms with Gasteiger partial charge in [0.05, 0.1) is 12.6 Å². The van der Waals surface area contributed by atoms with Crippen LogP contribution >= 0.6 is 0 Å². The van der Waals surface area contributed by atoms with E-state index >= 15 is 0 Å². The number of pyridine rings is 1. The molecule has 3 atom stereocenters. The van der Waals surface area contributed by atoms with Crippen molar-refractivity contribution in [3.8, 4) is 28.7 Å². The molecule has 1 saturated carbocycles. The number of nitrogens with zero attached hydrogens (tertiary/aromatic N) is 2. The number of nitrogens with one attached hydrogen (secondary N) is 1. The smallest absolute Gasteiger partial charge is 0.326 e. The van der Waals surface area contributed by atoms with Crippen molar-refractivity contribution in [2.75, 3.05) is 13.2 Å². The Balaban J connectivity index is 0.957. The predicted molar refractivity (Wildman–Crippen MR) is 225 cm³/mol. The molecule has 0 bridgehead atoms. The highest BCUT2D eigenvalue weighted by atomic mass is 16.6. The minimum absolute atomic E-state index is 0.119. The van der Waals surface area contributed by atoms with Crippen LogP contribution in [0.4, 0.5) is 0 Å². The maximum absolute atomic E-state index is 14.2. The van der Waals surface area contributed by atoms with Crippen molar-refractivity contribution < 1.29 is 33.6 Å². The molecular formula is C49H53N3O7. The fourth-order valence-corrected chi connectivity index (χ4v) is 8.46. The van der Waals surface area contributed by atoms with E-state index in [2.05, 4.69) is 27.3 Å². The Morgan fingerprint density at radius 2 is 1.66 bits per heavy atom. The Kier molecular flexibility index (Phi) is 12.2. The molecule has 3 heterocycles. The third-order valence-electron chi connectivity index (χ3n) is 12.1. The number of carboxylic acids is 1. The van der Waals surface area contributed by atoms with Gasteiger partial charge in [-0.2, -0.15) is 0 Å². The predicted octanol–water partition coefficient (Wildman–Crippen LogP) is 9.01. The van der Waals surface area contributed by atoms with Crippen LogP contribution in [0.15, 0.2) is 97.2 Å². The van der Waals surface area contributed by atoms with Crippen molar-refractivity contribution in [1.29, 1.82) is 0 Å². The van der Waals surface area contributed by atoms with Crippen LogP contribution in [-0.2, 0) is 35.5 Å². The Labute approximate surface area is 346 Å². The van der Waals surface area contributed by atoms with Gasteiger partial charge in [0.1, 0.15) is 29.9 Å². The van der Waals surface area contributed by atoms with Crippen LogP contribution in [0.5, 0.6) is 28.7 Å². The van der Waals surface area contributed by atoms with E-state index in [0.29, 0.717) is 49.3 Å². The molecule has 1 amide bonds. The molecule has 5 aromatic rings. The molecule has 59 heavy (non-hydrogen) atoms. The van der Waals surface area contributed by atoms with E-state index in [-0.39, 0.29) is 18.4 Å². The number of aliphatic carboxylic acids is 1. The van der Waals surface area contributed by atoms with E-state index < -0.39 is 18.1 Å². The average molecular weight is 796 g/mol. The maximum Gasteiger partial charge on any atom is 0.326 e. The number of carbonyl (C=O) groups is 2. The molecule has 0 saturated heterocycles. The van der Waals surface area contributed by atoms with Crippen LogP contribution in [-0.4, -0.2) is 52.2 Å². The van der Waals surface area contributed by atoms with E-state index in [4.69, 9.17) is 18.9 Å². The lowest BCUT2D eigenvalue weighted by Gasteiger charge is -2.37. The van der Waals surface area contributed by atoms with Crippen LogP contribution < -0.4 is 24.3 Å². The quantitative estimate of drug-likeness (QED) is 0.120. The number of carboxylic acid groups (broad SMARTS) is 1. The lowest BCUT2D eigenvalue weighted by Crippen LogP contribution is -2.54. The summed E-state index contributed by atoms with van der Waals surface area (Å²) in [6.07, 6.45) is 8.38. The van der Waals surface area contributed by atoms with Crippen molar-refractivity contribution in [3.05, 3.63) is 142 Å². The highest BCUT2D eigenvalue weighted by molar-refractivity contribution is 5.87. The van der Waals surface area contributed by atoms with Gasteiger partial charge in [0.2, 0.25) is 5.91 Å². The average Bonchev–Trinajstić information content (AvgIpc) is 3.25. The monoisotopic (exact) mass is 795 g/mol. The van der Waals surface area contributed by atoms with Gasteiger partial charge in [-0.1, -0.05) is 73.9 Å². The lowest BCUT2D eigenvalue weighted by molar-refractivity contribution is -0.142. The number of amides is 1. The summed E-state index contributed by atoms with van der Waals surface area (Å²) in [4.78, 5) is 33.3. The van der Waals surface area contributed by atoms with E-state index in [0.717, 1.165) is 62.7 Å². The van der Waals surface area contributed by atoms with Crippen LogP contribution in [0.1, 0.15) is 82.8 Å². The van der Waals surface area contributed by atoms with E-state index in [9.17, 15) is 14.7 Å². The number of hydrogen-bond acceptors (Lipinski definition) is 8. The first-order valence-electron chi connectivity index (χ1n) is 20.9. The highest BCUT2D eigenvalue weighted by Gasteiger charge is 2.36. The number of aryl methyl sites for hydroxylation is 2. The van der Waals surface area contributed by atoms with Gasteiger partial charge in [-0.15, -0.1) is 0 Å². The summed E-state index contributed by atoms with van der Waals surface area (Å²) in [7, 11) is 0. The Morgan fingerprint density at radius 3 is 2.42 bits per heavy atom. The second-order valence-electron chi connectivity index (χ2n) is 16.3. The van der Waals surface area contributed by atoms with Crippen molar-refractivity contribution >= 4 is 11.9 Å². The third kappa shape index (κ3) is 9.55. The number of hydrogen-bond donors (Lipinski definition) is 2. The second kappa shape index (κ2) is 18.0. The van der Waals surface area contributed by atoms with Gasteiger partial charge in [-0.05, 0) is 116 Å². The zero-order chi connectivity index (χ0) is 40.9. The summed E-state index contributed by atoms with van der Waals surface area (Å²) in [6.45, 7) is 7.94. The van der Waals surface area contributed by atoms with Gasteiger partial charge >= 0.3 is 5.97 Å². The molecule has 2 aliphatic heterocycles. The summed E-state index contributed by atoms with van der Waals surface area (Å²) in [6, 6.07) is 27.9. The van der Waals surface area contributed by atoms with Gasteiger partial charge in [0.15, 0.2) is 17.6 Å². The standard InChI is InChI=1S/C49H53N3O7/c1-31-22-36(14-19-43(31)58-44-20-21-50-33(3)32(44)2)23-41(49(54)55)51-48(53)42-24-38-25-45-46(26-39(38)28-52(42)27-34-10-6-4-7-11-34)59-47(30-57-45)37-15-17-40(18-16-37)56-29-35-12-8-5-9-13-35/h4,6-7,10-11,14-22,25-26,35,41-42,47H,5,8-9,12-13,23-24,27-30H2,1-3H3,(H,51,53)(H,54,55)/t41-,42-,47?/m0/s1. The molecule has 4 aromatic carbocycles. The summed E-state index contributed by atoms with van der Waals surface area (Å²) >= 11 is 0. The second-order valence-corrected chi connectivity index (χ2v) is 16.3. The van der Waals surface area contributed by atoms with E-state index in [1.54, 1.807) is 6.20 Å². The molecule has 10 nitrogen and oxygen atoms in total. The number of rotatable bonds is 13. The van der Waals surface area contributed by atoms with Crippen molar-refractivity contribution in [3.63, 3.8) is 0 Å². The number of aromatic nitrogens is 1. The van der Waals surface area contributed by atoms with Gasteiger partial charge in [0.25, 0.3) is 0 Å². The zero-order valence-electron chi connectivity index (χ0n) is 34.1. The third-order valence-corrected chi connectivity index (χ3v) is 12.1. The van der Waals surface area contributed by atoms with Gasteiger partial charge in [-0.3, -0.25) is 14.7 Å². The Hall–Kier alpha value is -5.87.